The first-order valence-corrected chi connectivity index (χ1v) is 4.81. The summed E-state index contributed by atoms with van der Waals surface area (Å²) in [4.78, 5) is 14.9. The lowest BCUT2D eigenvalue weighted by Crippen LogP contribution is -2.34. The molecule has 94 valence electrons. The first-order valence-electron chi connectivity index (χ1n) is 4.81. The molecule has 0 saturated heterocycles. The Morgan fingerprint density at radius 2 is 2.47 bits per heavy atom. The number of nitrogens with zero attached hydrogens (tertiary/aromatic N) is 2. The Labute approximate surface area is 97.2 Å². The molecule has 0 radical (unpaired) electrons. The molecule has 0 saturated carbocycles. The Bertz CT molecular complexity index is 460. The average molecular weight is 243 g/mol. The van der Waals surface area contributed by atoms with Crippen LogP contribution in [-0.4, -0.2) is 34.5 Å². The van der Waals surface area contributed by atoms with E-state index in [-0.39, 0.29) is 11.4 Å². The van der Waals surface area contributed by atoms with Crippen LogP contribution in [0.25, 0.3) is 0 Å². The van der Waals surface area contributed by atoms with E-state index in [0.29, 0.717) is 0 Å². The number of ether oxygens (including phenoxy) is 1. The summed E-state index contributed by atoms with van der Waals surface area (Å²) >= 11 is 0. The van der Waals surface area contributed by atoms with Gasteiger partial charge in [-0.3, -0.25) is 4.57 Å². The monoisotopic (exact) mass is 243 g/mol. The third kappa shape index (κ3) is 2.89. The number of anilines is 1. The summed E-state index contributed by atoms with van der Waals surface area (Å²) < 4.78 is 19.6. The molecule has 0 amide bonds. The lowest BCUT2D eigenvalue weighted by molar-refractivity contribution is -0.0136. The molecule has 1 rings (SSSR count). The van der Waals surface area contributed by atoms with Gasteiger partial charge in [0.2, 0.25) is 0 Å². The van der Waals surface area contributed by atoms with Crippen molar-refractivity contribution in [3.05, 3.63) is 34.9 Å². The molecule has 2 atom stereocenters. The van der Waals surface area contributed by atoms with Gasteiger partial charge < -0.3 is 15.6 Å². The minimum absolute atomic E-state index is 0.0393. The van der Waals surface area contributed by atoms with Crippen molar-refractivity contribution < 1.29 is 14.2 Å². The highest BCUT2D eigenvalue weighted by Crippen LogP contribution is 2.19. The summed E-state index contributed by atoms with van der Waals surface area (Å²) in [6, 6.07) is 1.35. The molecule has 0 spiro atoms. The van der Waals surface area contributed by atoms with Gasteiger partial charge in [-0.25, -0.2) is 9.18 Å². The fraction of sp³-hybridized carbons (Fsp3) is 0.400. The number of aliphatic hydroxyl groups is 1. The Kier molecular flexibility index (Phi) is 4.36. The second-order valence-corrected chi connectivity index (χ2v) is 3.39. The quantitative estimate of drug-likeness (QED) is 0.702. The van der Waals surface area contributed by atoms with Gasteiger partial charge in [0, 0.05) is 13.3 Å². The van der Waals surface area contributed by atoms with E-state index in [4.69, 9.17) is 15.6 Å². The topological polar surface area (TPSA) is 90.4 Å². The van der Waals surface area contributed by atoms with E-state index < -0.39 is 24.7 Å². The number of nitrogens with two attached hydrogens (primary N) is 1. The summed E-state index contributed by atoms with van der Waals surface area (Å²) in [6.45, 7) is 2.82. The highest BCUT2D eigenvalue weighted by molar-refractivity contribution is 5.23. The lowest BCUT2D eigenvalue weighted by atomic mass is 10.1. The molecular formula is C10H14FN3O3. The molecule has 0 bridgehead atoms. The van der Waals surface area contributed by atoms with Crippen LogP contribution in [0.1, 0.15) is 6.23 Å². The maximum atomic E-state index is 13.8. The van der Waals surface area contributed by atoms with Crippen molar-refractivity contribution in [2.45, 2.75) is 12.4 Å². The predicted octanol–water partition coefficient (Wildman–Crippen LogP) is -0.143. The lowest BCUT2D eigenvalue weighted by Gasteiger charge is -2.22. The van der Waals surface area contributed by atoms with Gasteiger partial charge in [0.05, 0.1) is 6.61 Å². The summed E-state index contributed by atoms with van der Waals surface area (Å²) in [6.07, 6.45) is -1.67. The molecule has 7 heteroatoms. The molecule has 0 aliphatic carbocycles. The number of hydrogen-bond acceptors (Lipinski definition) is 5. The molecule has 1 aromatic heterocycles. The molecule has 1 aromatic rings. The van der Waals surface area contributed by atoms with E-state index >= 15 is 0 Å². The van der Waals surface area contributed by atoms with E-state index in [9.17, 15) is 9.18 Å². The minimum Gasteiger partial charge on any atom is -0.392 e. The van der Waals surface area contributed by atoms with Crippen LogP contribution in [-0.2, 0) is 4.74 Å². The van der Waals surface area contributed by atoms with Crippen LogP contribution in [0, 0.1) is 0 Å². The molecule has 1 heterocycles. The van der Waals surface area contributed by atoms with E-state index in [1.807, 2.05) is 0 Å². The fourth-order valence-corrected chi connectivity index (χ4v) is 1.28. The smallest absolute Gasteiger partial charge is 0.351 e. The first kappa shape index (κ1) is 13.3. The van der Waals surface area contributed by atoms with E-state index in [0.717, 1.165) is 4.57 Å². The van der Waals surface area contributed by atoms with Crippen LogP contribution in [0.4, 0.5) is 10.2 Å². The summed E-state index contributed by atoms with van der Waals surface area (Å²) in [5, 5.41) is 8.79. The molecule has 0 aromatic carbocycles. The second kappa shape index (κ2) is 5.55. The number of aromatic nitrogens is 2. The SMILES string of the molecule is C=C(CO)[C@H](F)[C@H](OC)n1ccc(N)nc1=O. The largest absolute Gasteiger partial charge is 0.392 e. The van der Waals surface area contributed by atoms with Gasteiger partial charge in [0.1, 0.15) is 5.82 Å². The Hall–Kier alpha value is -1.73. The molecule has 17 heavy (non-hydrogen) atoms. The van der Waals surface area contributed by atoms with Crippen LogP contribution in [0.2, 0.25) is 0 Å². The van der Waals surface area contributed by atoms with E-state index in [1.165, 1.54) is 19.4 Å². The number of alkyl halides is 1. The zero-order valence-electron chi connectivity index (χ0n) is 9.34. The summed E-state index contributed by atoms with van der Waals surface area (Å²) in [5.74, 6) is 0.0393. The van der Waals surface area contributed by atoms with Gasteiger partial charge in [0.15, 0.2) is 12.4 Å². The number of hydrogen-bond donors (Lipinski definition) is 2. The third-order valence-electron chi connectivity index (χ3n) is 2.21. The van der Waals surface area contributed by atoms with Crippen molar-refractivity contribution in [2.24, 2.45) is 0 Å². The van der Waals surface area contributed by atoms with Crippen molar-refractivity contribution in [1.82, 2.24) is 9.55 Å². The highest BCUT2D eigenvalue weighted by atomic mass is 19.1. The highest BCUT2D eigenvalue weighted by Gasteiger charge is 2.25. The minimum atomic E-state index is -1.71. The van der Waals surface area contributed by atoms with Crippen molar-refractivity contribution in [2.75, 3.05) is 19.5 Å². The van der Waals surface area contributed by atoms with Crippen molar-refractivity contribution in [1.29, 1.82) is 0 Å². The zero-order chi connectivity index (χ0) is 13.0. The van der Waals surface area contributed by atoms with Crippen molar-refractivity contribution in [3.8, 4) is 0 Å². The summed E-state index contributed by atoms with van der Waals surface area (Å²) in [5.41, 5.74) is 4.50. The molecule has 0 aliphatic heterocycles. The average Bonchev–Trinajstić information content (AvgIpc) is 2.31. The van der Waals surface area contributed by atoms with Crippen molar-refractivity contribution in [3.63, 3.8) is 0 Å². The van der Waals surface area contributed by atoms with Gasteiger partial charge in [-0.05, 0) is 11.6 Å². The fourth-order valence-electron chi connectivity index (χ4n) is 1.28. The van der Waals surface area contributed by atoms with Crippen LogP contribution in [0.3, 0.4) is 0 Å². The van der Waals surface area contributed by atoms with E-state index in [2.05, 4.69) is 11.6 Å². The Morgan fingerprint density at radius 3 is 2.94 bits per heavy atom. The van der Waals surface area contributed by atoms with Gasteiger partial charge in [0.25, 0.3) is 0 Å². The van der Waals surface area contributed by atoms with E-state index in [1.54, 1.807) is 0 Å². The standard InChI is InChI=1S/C10H14FN3O3/c1-6(5-15)8(11)9(17-2)14-4-3-7(12)13-10(14)16/h3-4,8-9,15H,1,5H2,2H3,(H2,12,13,16)/t8-,9-/m0/s1. The number of rotatable bonds is 5. The molecular weight excluding hydrogens is 229 g/mol. The predicted molar refractivity (Wildman–Crippen MR) is 60.1 cm³/mol. The van der Waals surface area contributed by atoms with Gasteiger partial charge in [-0.15, -0.1) is 0 Å². The molecule has 0 fully saturated rings. The van der Waals surface area contributed by atoms with Crippen LogP contribution in [0.15, 0.2) is 29.2 Å². The number of aliphatic hydroxyl groups excluding tert-OH is 1. The normalized spacial score (nSPS) is 14.3. The maximum Gasteiger partial charge on any atom is 0.351 e. The Morgan fingerprint density at radius 1 is 1.82 bits per heavy atom. The molecule has 0 unspecified atom stereocenters. The van der Waals surface area contributed by atoms with Crippen LogP contribution in [0.5, 0.6) is 0 Å². The van der Waals surface area contributed by atoms with Gasteiger partial charge >= 0.3 is 5.69 Å². The molecule has 6 nitrogen and oxygen atoms in total. The molecule has 3 N–H and O–H groups in total. The maximum absolute atomic E-state index is 13.8. The second-order valence-electron chi connectivity index (χ2n) is 3.39. The van der Waals surface area contributed by atoms with Crippen LogP contribution >= 0.6 is 0 Å². The zero-order valence-corrected chi connectivity index (χ0v) is 9.34. The first-order chi connectivity index (χ1) is 8.01. The third-order valence-corrected chi connectivity index (χ3v) is 2.21. The summed E-state index contributed by atoms with van der Waals surface area (Å²) in [7, 11) is 1.24. The van der Waals surface area contributed by atoms with Gasteiger partial charge in [-0.2, -0.15) is 4.98 Å². The van der Waals surface area contributed by atoms with Crippen molar-refractivity contribution >= 4 is 5.82 Å². The Balaban J connectivity index is 3.09. The number of methoxy groups -OCH3 is 1. The van der Waals surface area contributed by atoms with Gasteiger partial charge in [-0.1, -0.05) is 6.58 Å². The number of nitrogen functional groups attached to an aromatic ring is 1. The number of halogens is 1. The molecule has 0 aliphatic rings. The van der Waals surface area contributed by atoms with Crippen LogP contribution < -0.4 is 11.4 Å².